The van der Waals surface area contributed by atoms with Gasteiger partial charge in [0, 0.05) is 5.41 Å². The smallest absolute Gasteiger partial charge is 0.129 e. The molecule has 0 spiro atoms. The minimum atomic E-state index is -0.135. The quantitative estimate of drug-likeness (QED) is 0.401. The summed E-state index contributed by atoms with van der Waals surface area (Å²) in [4.78, 5) is 10.7. The largest absolute Gasteiger partial charge is 0.302 e. The molecule has 0 amide bonds. The summed E-state index contributed by atoms with van der Waals surface area (Å²) in [7, 11) is 0. The van der Waals surface area contributed by atoms with E-state index in [9.17, 15) is 4.79 Å². The van der Waals surface area contributed by atoms with Crippen LogP contribution < -0.4 is 0 Å². The third kappa shape index (κ3) is 0.898. The first-order valence-corrected chi connectivity index (χ1v) is 3.73. The zero-order chi connectivity index (χ0) is 7.78. The van der Waals surface area contributed by atoms with Crippen molar-refractivity contribution in [3.63, 3.8) is 0 Å². The molecule has 0 fully saturated rings. The molecule has 0 bridgehead atoms. The second-order valence-electron chi connectivity index (χ2n) is 3.44. The first-order chi connectivity index (χ1) is 4.60. The summed E-state index contributed by atoms with van der Waals surface area (Å²) in [6, 6.07) is 0. The van der Waals surface area contributed by atoms with Crippen LogP contribution in [0, 0.1) is 5.41 Å². The minimum Gasteiger partial charge on any atom is -0.302 e. The van der Waals surface area contributed by atoms with Gasteiger partial charge in [-0.3, -0.25) is 0 Å². The van der Waals surface area contributed by atoms with E-state index in [0.29, 0.717) is 0 Å². The molecule has 1 aliphatic rings. The van der Waals surface area contributed by atoms with E-state index in [1.807, 2.05) is 6.92 Å². The van der Waals surface area contributed by atoms with E-state index >= 15 is 0 Å². The molecular weight excluding hydrogens is 124 g/mol. The Bertz CT molecular complexity index is 191. The lowest BCUT2D eigenvalue weighted by atomic mass is 9.86. The molecule has 56 valence electrons. The van der Waals surface area contributed by atoms with Gasteiger partial charge in [-0.1, -0.05) is 11.1 Å². The highest BCUT2D eigenvalue weighted by Gasteiger charge is 2.31. The number of carbonyl (C=O) groups is 1. The van der Waals surface area contributed by atoms with Gasteiger partial charge in [-0.2, -0.15) is 0 Å². The molecule has 0 aromatic heterocycles. The van der Waals surface area contributed by atoms with E-state index in [-0.39, 0.29) is 5.41 Å². The molecule has 10 heavy (non-hydrogen) atoms. The third-order valence-corrected chi connectivity index (χ3v) is 2.78. The van der Waals surface area contributed by atoms with Crippen LogP contribution in [0.5, 0.6) is 0 Å². The summed E-state index contributed by atoms with van der Waals surface area (Å²) in [5.74, 6) is 0. The molecule has 0 aliphatic heterocycles. The van der Waals surface area contributed by atoms with Crippen molar-refractivity contribution in [2.75, 3.05) is 0 Å². The Morgan fingerprint density at radius 3 is 2.30 bits per heavy atom. The molecular formula is C9H14O. The van der Waals surface area contributed by atoms with Gasteiger partial charge in [0.1, 0.15) is 6.29 Å². The number of hydrogen-bond donors (Lipinski definition) is 0. The molecule has 0 saturated carbocycles. The van der Waals surface area contributed by atoms with Gasteiger partial charge in [0.15, 0.2) is 0 Å². The van der Waals surface area contributed by atoms with Crippen LogP contribution in [0.15, 0.2) is 11.1 Å². The maximum atomic E-state index is 10.7. The average molecular weight is 138 g/mol. The topological polar surface area (TPSA) is 17.1 Å². The van der Waals surface area contributed by atoms with E-state index < -0.39 is 0 Å². The van der Waals surface area contributed by atoms with Crippen LogP contribution in [0.2, 0.25) is 0 Å². The van der Waals surface area contributed by atoms with Gasteiger partial charge in [0.25, 0.3) is 0 Å². The fourth-order valence-corrected chi connectivity index (χ4v) is 1.46. The van der Waals surface area contributed by atoms with Crippen molar-refractivity contribution < 1.29 is 4.79 Å². The van der Waals surface area contributed by atoms with Crippen LogP contribution >= 0.6 is 0 Å². The fourth-order valence-electron chi connectivity index (χ4n) is 1.46. The number of rotatable bonds is 1. The third-order valence-electron chi connectivity index (χ3n) is 2.78. The van der Waals surface area contributed by atoms with E-state index in [1.165, 1.54) is 11.1 Å². The molecule has 1 rings (SSSR count). The molecule has 0 unspecified atom stereocenters. The standard InChI is InChI=1S/C9H14O/c1-7-4-5-9(3,6-10)8(7)2/h6H,4-5H2,1-3H3/t9-/m0/s1. The Morgan fingerprint density at radius 1 is 1.50 bits per heavy atom. The van der Waals surface area contributed by atoms with Crippen LogP contribution in [0.3, 0.4) is 0 Å². The number of hydrogen-bond acceptors (Lipinski definition) is 1. The number of carbonyl (C=O) groups excluding carboxylic acids is 1. The Balaban J connectivity index is 2.95. The lowest BCUT2D eigenvalue weighted by Gasteiger charge is -2.16. The van der Waals surface area contributed by atoms with E-state index in [0.717, 1.165) is 19.1 Å². The van der Waals surface area contributed by atoms with Crippen molar-refractivity contribution in [2.24, 2.45) is 5.41 Å². The Kier molecular flexibility index (Phi) is 1.67. The summed E-state index contributed by atoms with van der Waals surface area (Å²) in [6.07, 6.45) is 3.19. The molecule has 0 radical (unpaired) electrons. The summed E-state index contributed by atoms with van der Waals surface area (Å²) in [5.41, 5.74) is 2.54. The lowest BCUT2D eigenvalue weighted by molar-refractivity contribution is -0.113. The molecule has 1 aliphatic carbocycles. The molecule has 0 aromatic carbocycles. The molecule has 1 atom stereocenters. The predicted molar refractivity (Wildman–Crippen MR) is 41.8 cm³/mol. The van der Waals surface area contributed by atoms with E-state index in [2.05, 4.69) is 13.8 Å². The summed E-state index contributed by atoms with van der Waals surface area (Å²) < 4.78 is 0. The first kappa shape index (κ1) is 7.52. The maximum absolute atomic E-state index is 10.7. The van der Waals surface area contributed by atoms with Crippen molar-refractivity contribution >= 4 is 6.29 Å². The molecule has 0 heterocycles. The van der Waals surface area contributed by atoms with Crippen LogP contribution in [-0.4, -0.2) is 6.29 Å². The lowest BCUT2D eigenvalue weighted by Crippen LogP contribution is -2.15. The van der Waals surface area contributed by atoms with Crippen molar-refractivity contribution in [2.45, 2.75) is 33.6 Å². The summed E-state index contributed by atoms with van der Waals surface area (Å²) >= 11 is 0. The zero-order valence-corrected chi connectivity index (χ0v) is 6.90. The monoisotopic (exact) mass is 138 g/mol. The molecule has 0 saturated heterocycles. The highest BCUT2D eigenvalue weighted by Crippen LogP contribution is 2.40. The summed E-state index contributed by atoms with van der Waals surface area (Å²) in [6.45, 7) is 6.20. The Labute approximate surface area is 62.1 Å². The Morgan fingerprint density at radius 2 is 2.10 bits per heavy atom. The predicted octanol–water partition coefficient (Wildman–Crippen LogP) is 2.32. The minimum absolute atomic E-state index is 0.135. The van der Waals surface area contributed by atoms with Gasteiger partial charge in [-0.15, -0.1) is 0 Å². The van der Waals surface area contributed by atoms with Gasteiger partial charge in [-0.25, -0.2) is 0 Å². The van der Waals surface area contributed by atoms with Gasteiger partial charge in [0.05, 0.1) is 0 Å². The highest BCUT2D eigenvalue weighted by atomic mass is 16.1. The SMILES string of the molecule is CC1=C(C)[C@](C)(C=O)CC1. The highest BCUT2D eigenvalue weighted by molar-refractivity contribution is 5.66. The second kappa shape index (κ2) is 2.22. The van der Waals surface area contributed by atoms with Crippen LogP contribution in [0.1, 0.15) is 33.6 Å². The summed E-state index contributed by atoms with van der Waals surface area (Å²) in [5, 5.41) is 0. The fraction of sp³-hybridized carbons (Fsp3) is 0.667. The first-order valence-electron chi connectivity index (χ1n) is 3.73. The molecule has 0 aromatic rings. The maximum Gasteiger partial charge on any atom is 0.129 e. The number of allylic oxidation sites excluding steroid dienone is 2. The molecule has 0 N–H and O–H groups in total. The second-order valence-corrected chi connectivity index (χ2v) is 3.44. The molecule has 1 heteroatoms. The normalized spacial score (nSPS) is 33.1. The van der Waals surface area contributed by atoms with Gasteiger partial charge < -0.3 is 4.79 Å². The number of aldehydes is 1. The van der Waals surface area contributed by atoms with Crippen LogP contribution in [0.4, 0.5) is 0 Å². The van der Waals surface area contributed by atoms with Gasteiger partial charge in [-0.05, 0) is 33.6 Å². The van der Waals surface area contributed by atoms with Crippen molar-refractivity contribution in [1.82, 2.24) is 0 Å². The zero-order valence-electron chi connectivity index (χ0n) is 6.90. The molecule has 1 nitrogen and oxygen atoms in total. The van der Waals surface area contributed by atoms with Gasteiger partial charge >= 0.3 is 0 Å². The van der Waals surface area contributed by atoms with Crippen LogP contribution in [-0.2, 0) is 4.79 Å². The van der Waals surface area contributed by atoms with Crippen molar-refractivity contribution in [1.29, 1.82) is 0 Å². The van der Waals surface area contributed by atoms with E-state index in [4.69, 9.17) is 0 Å². The van der Waals surface area contributed by atoms with Crippen molar-refractivity contribution in [3.8, 4) is 0 Å². The van der Waals surface area contributed by atoms with Crippen molar-refractivity contribution in [3.05, 3.63) is 11.1 Å². The Hall–Kier alpha value is -0.590. The van der Waals surface area contributed by atoms with E-state index in [1.54, 1.807) is 0 Å². The van der Waals surface area contributed by atoms with Gasteiger partial charge in [0.2, 0.25) is 0 Å². The van der Waals surface area contributed by atoms with Crippen LogP contribution in [0.25, 0.3) is 0 Å². The average Bonchev–Trinajstić information content (AvgIpc) is 2.19.